The van der Waals surface area contributed by atoms with Crippen LogP contribution in [0.5, 0.6) is 0 Å². The van der Waals surface area contributed by atoms with Crippen molar-refractivity contribution in [1.82, 2.24) is 0 Å². The van der Waals surface area contributed by atoms with E-state index in [1.54, 1.807) is 13.0 Å². The van der Waals surface area contributed by atoms with Gasteiger partial charge in [-0.05, 0) is 31.9 Å². The van der Waals surface area contributed by atoms with Gasteiger partial charge in [-0.1, -0.05) is 6.08 Å². The zero-order valence-corrected chi connectivity index (χ0v) is 10.9. The van der Waals surface area contributed by atoms with Gasteiger partial charge in [-0.2, -0.15) is 13.2 Å². The highest BCUT2D eigenvalue weighted by Crippen LogP contribution is 2.35. The highest BCUT2D eigenvalue weighted by Gasteiger charge is 2.33. The number of rotatable bonds is 6. The van der Waals surface area contributed by atoms with Gasteiger partial charge in [0.2, 0.25) is 0 Å². The number of benzene rings is 1. The van der Waals surface area contributed by atoms with Crippen LogP contribution in [0.2, 0.25) is 0 Å². The van der Waals surface area contributed by atoms with E-state index in [2.05, 4.69) is 11.9 Å². The van der Waals surface area contributed by atoms with E-state index in [1.165, 1.54) is 0 Å². The van der Waals surface area contributed by atoms with E-state index < -0.39 is 22.4 Å². The molecule has 0 saturated heterocycles. The lowest BCUT2D eigenvalue weighted by Crippen LogP contribution is -2.16. The molecule has 1 aromatic carbocycles. The van der Waals surface area contributed by atoms with E-state index in [9.17, 15) is 23.3 Å². The Morgan fingerprint density at radius 2 is 2.15 bits per heavy atom. The van der Waals surface area contributed by atoms with E-state index in [0.717, 1.165) is 12.1 Å². The molecule has 0 saturated carbocycles. The van der Waals surface area contributed by atoms with Crippen molar-refractivity contribution in [3.05, 3.63) is 46.5 Å². The van der Waals surface area contributed by atoms with Gasteiger partial charge in [0.05, 0.1) is 10.5 Å². The van der Waals surface area contributed by atoms with E-state index in [4.69, 9.17) is 0 Å². The van der Waals surface area contributed by atoms with Gasteiger partial charge in [0, 0.05) is 12.1 Å². The summed E-state index contributed by atoms with van der Waals surface area (Å²) in [6.45, 7) is 5.36. The van der Waals surface area contributed by atoms with Crippen LogP contribution in [-0.4, -0.2) is 11.0 Å². The maximum absolute atomic E-state index is 12.5. The molecule has 1 rings (SSSR count). The molecule has 0 heterocycles. The van der Waals surface area contributed by atoms with Gasteiger partial charge in [-0.3, -0.25) is 10.1 Å². The summed E-state index contributed by atoms with van der Waals surface area (Å²) in [4.78, 5) is 10.1. The summed E-state index contributed by atoms with van der Waals surface area (Å²) >= 11 is 0. The van der Waals surface area contributed by atoms with Crippen LogP contribution in [0.15, 0.2) is 30.9 Å². The van der Waals surface area contributed by atoms with Crippen molar-refractivity contribution in [2.45, 2.75) is 32.0 Å². The van der Waals surface area contributed by atoms with Gasteiger partial charge >= 0.3 is 6.18 Å². The first kappa shape index (κ1) is 16.0. The molecule has 0 aliphatic carbocycles. The number of nitro benzene ring substituents is 1. The van der Waals surface area contributed by atoms with Gasteiger partial charge in [0.25, 0.3) is 5.69 Å². The molecule has 1 atom stereocenters. The fourth-order valence-corrected chi connectivity index (χ4v) is 1.69. The summed E-state index contributed by atoms with van der Waals surface area (Å²) < 4.78 is 37.6. The maximum Gasteiger partial charge on any atom is 0.416 e. The molecule has 110 valence electrons. The van der Waals surface area contributed by atoms with Crippen LogP contribution in [0, 0.1) is 10.1 Å². The lowest BCUT2D eigenvalue weighted by atomic mass is 10.1. The number of halogens is 3. The van der Waals surface area contributed by atoms with Crippen LogP contribution in [0.1, 0.15) is 25.3 Å². The number of hydrogen-bond acceptors (Lipinski definition) is 3. The fourth-order valence-electron chi connectivity index (χ4n) is 1.69. The van der Waals surface area contributed by atoms with Gasteiger partial charge in [0.15, 0.2) is 0 Å². The molecule has 0 amide bonds. The normalized spacial score (nSPS) is 12.8. The molecule has 1 unspecified atom stereocenters. The predicted molar refractivity (Wildman–Crippen MR) is 70.6 cm³/mol. The minimum atomic E-state index is -4.60. The second-order valence-corrected chi connectivity index (χ2v) is 4.40. The third-order valence-corrected chi connectivity index (χ3v) is 2.73. The van der Waals surface area contributed by atoms with Crippen LogP contribution < -0.4 is 5.32 Å². The third-order valence-electron chi connectivity index (χ3n) is 2.73. The molecule has 0 spiro atoms. The molecule has 0 radical (unpaired) electrons. The Bertz CT molecular complexity index is 501. The average Bonchev–Trinajstić information content (AvgIpc) is 2.35. The lowest BCUT2D eigenvalue weighted by Gasteiger charge is -2.15. The molecule has 1 N–H and O–H groups in total. The third kappa shape index (κ3) is 4.25. The first-order valence-corrected chi connectivity index (χ1v) is 5.98. The van der Waals surface area contributed by atoms with Crippen LogP contribution in [0.4, 0.5) is 24.5 Å². The molecule has 0 aromatic heterocycles. The Morgan fingerprint density at radius 3 is 2.65 bits per heavy atom. The molecule has 0 fully saturated rings. The summed E-state index contributed by atoms with van der Waals surface area (Å²) in [5.41, 5.74) is -1.53. The lowest BCUT2D eigenvalue weighted by molar-refractivity contribution is -0.384. The molecule has 20 heavy (non-hydrogen) atoms. The Labute approximate surface area is 114 Å². The van der Waals surface area contributed by atoms with Crippen molar-refractivity contribution in [2.24, 2.45) is 0 Å². The number of nitrogens with one attached hydrogen (secondary N) is 1. The van der Waals surface area contributed by atoms with Crippen LogP contribution >= 0.6 is 0 Å². The summed E-state index contributed by atoms with van der Waals surface area (Å²) in [5.74, 6) is 0. The van der Waals surface area contributed by atoms with Crippen LogP contribution in [0.3, 0.4) is 0 Å². The quantitative estimate of drug-likeness (QED) is 0.480. The van der Waals surface area contributed by atoms with E-state index >= 15 is 0 Å². The van der Waals surface area contributed by atoms with Crippen molar-refractivity contribution < 1.29 is 18.1 Å². The van der Waals surface area contributed by atoms with Gasteiger partial charge < -0.3 is 5.32 Å². The average molecular weight is 288 g/mol. The molecular formula is C13H15F3N2O2. The number of nitro groups is 1. The highest BCUT2D eigenvalue weighted by atomic mass is 19.4. The minimum absolute atomic E-state index is 0.0829. The van der Waals surface area contributed by atoms with E-state index in [0.29, 0.717) is 18.9 Å². The molecule has 0 bridgehead atoms. The summed E-state index contributed by atoms with van der Waals surface area (Å²) in [5, 5.41) is 13.7. The molecule has 7 heteroatoms. The Balaban J connectivity index is 3.02. The minimum Gasteiger partial charge on any atom is -0.377 e. The topological polar surface area (TPSA) is 55.2 Å². The van der Waals surface area contributed by atoms with Crippen molar-refractivity contribution in [3.63, 3.8) is 0 Å². The van der Waals surface area contributed by atoms with Gasteiger partial charge in [-0.25, -0.2) is 0 Å². The number of hydrogen-bond donors (Lipinski definition) is 1. The maximum atomic E-state index is 12.5. The molecule has 0 aliphatic heterocycles. The smallest absolute Gasteiger partial charge is 0.377 e. The second kappa shape index (κ2) is 6.40. The van der Waals surface area contributed by atoms with Crippen molar-refractivity contribution in [1.29, 1.82) is 0 Å². The summed E-state index contributed by atoms with van der Waals surface area (Å²) in [6, 6.07) is 2.35. The molecule has 1 aromatic rings. The Hall–Kier alpha value is -2.05. The molecule has 4 nitrogen and oxygen atoms in total. The monoisotopic (exact) mass is 288 g/mol. The predicted octanol–water partition coefficient (Wildman–Crippen LogP) is 4.38. The zero-order chi connectivity index (χ0) is 15.3. The second-order valence-electron chi connectivity index (χ2n) is 4.40. The zero-order valence-electron chi connectivity index (χ0n) is 10.9. The van der Waals surface area contributed by atoms with Crippen molar-refractivity contribution in [3.8, 4) is 0 Å². The van der Waals surface area contributed by atoms with Gasteiger partial charge in [-0.15, -0.1) is 6.58 Å². The van der Waals surface area contributed by atoms with Crippen molar-refractivity contribution in [2.75, 3.05) is 5.32 Å². The number of anilines is 1. The number of allylic oxidation sites excluding steroid dienone is 1. The molecular weight excluding hydrogens is 273 g/mol. The van der Waals surface area contributed by atoms with Crippen molar-refractivity contribution >= 4 is 11.4 Å². The number of nitrogens with zero attached hydrogens (tertiary/aromatic N) is 1. The fraction of sp³-hybridized carbons (Fsp3) is 0.385. The van der Waals surface area contributed by atoms with Crippen LogP contribution in [0.25, 0.3) is 0 Å². The Morgan fingerprint density at radius 1 is 1.50 bits per heavy atom. The largest absolute Gasteiger partial charge is 0.416 e. The highest BCUT2D eigenvalue weighted by molar-refractivity contribution is 5.63. The van der Waals surface area contributed by atoms with E-state index in [1.807, 2.05) is 0 Å². The SMILES string of the molecule is C=CCCC(C)Nc1ccc(C(F)(F)F)cc1[N+](=O)[O-]. The number of alkyl halides is 3. The van der Waals surface area contributed by atoms with Gasteiger partial charge in [0.1, 0.15) is 5.69 Å². The standard InChI is InChI=1S/C13H15F3N2O2/c1-3-4-5-9(2)17-11-7-6-10(13(14,15)16)8-12(11)18(19)20/h3,6-9,17H,1,4-5H2,2H3. The van der Waals surface area contributed by atoms with E-state index in [-0.39, 0.29) is 11.7 Å². The Kier molecular flexibility index (Phi) is 5.12. The first-order chi connectivity index (χ1) is 9.25. The first-order valence-electron chi connectivity index (χ1n) is 5.98. The molecule has 0 aliphatic rings. The summed E-state index contributed by atoms with van der Waals surface area (Å²) in [7, 11) is 0. The van der Waals surface area contributed by atoms with Crippen LogP contribution in [-0.2, 0) is 6.18 Å². The summed E-state index contributed by atoms with van der Waals surface area (Å²) in [6.07, 6.45) is -1.50.